The van der Waals surface area contributed by atoms with Gasteiger partial charge in [-0.2, -0.15) is 8.42 Å². The molecule has 0 fully saturated rings. The fourth-order valence-electron chi connectivity index (χ4n) is 1.84. The average molecular weight is 284 g/mol. The fraction of sp³-hybridized carbons (Fsp3) is 1.00. The molecule has 0 aliphatic heterocycles. The van der Waals surface area contributed by atoms with Gasteiger partial charge in [-0.3, -0.25) is 4.55 Å². The maximum absolute atomic E-state index is 9.19. The van der Waals surface area contributed by atoms with Crippen molar-refractivity contribution in [2.24, 2.45) is 0 Å². The van der Waals surface area contributed by atoms with Crippen LogP contribution in [0.2, 0.25) is 0 Å². The zero-order valence-electron chi connectivity index (χ0n) is 12.5. The molecule has 0 aliphatic rings. The van der Waals surface area contributed by atoms with Gasteiger partial charge in [0.25, 0.3) is 10.1 Å². The molecule has 0 saturated heterocycles. The molecular weight excluding hydrogens is 254 g/mol. The minimum absolute atomic E-state index is 0.715. The number of unbranched alkanes of at least 4 members (excludes halogenated alkanes) is 1. The lowest BCUT2D eigenvalue weighted by molar-refractivity contribution is -0.923. The molecule has 6 heteroatoms. The van der Waals surface area contributed by atoms with Crippen LogP contribution in [0.3, 0.4) is 0 Å². The lowest BCUT2D eigenvalue weighted by Crippen LogP contribution is -2.48. The van der Waals surface area contributed by atoms with Gasteiger partial charge < -0.3 is 9.22 Å². The Kier molecular flexibility index (Phi) is 12.0. The third-order valence-corrected chi connectivity index (χ3v) is 3.24. The van der Waals surface area contributed by atoms with E-state index in [9.17, 15) is 8.42 Å². The van der Waals surface area contributed by atoms with E-state index >= 15 is 0 Å². The van der Waals surface area contributed by atoms with Gasteiger partial charge in [-0.1, -0.05) is 0 Å². The Morgan fingerprint density at radius 3 is 1.72 bits per heavy atom. The number of nitrogens with zero attached hydrogens (tertiary/aromatic N) is 1. The Morgan fingerprint density at radius 2 is 1.44 bits per heavy atom. The maximum Gasteiger partial charge on any atom is 0.261 e. The average Bonchev–Trinajstić information content (AvgIpc) is 2.28. The van der Waals surface area contributed by atoms with E-state index in [1.165, 1.54) is 43.5 Å². The third-order valence-electron chi connectivity index (χ3n) is 3.24. The van der Waals surface area contributed by atoms with Crippen molar-refractivity contribution in [1.82, 2.24) is 0 Å². The van der Waals surface area contributed by atoms with Gasteiger partial charge in [0, 0.05) is 13.7 Å². The van der Waals surface area contributed by atoms with Crippen LogP contribution in [0.15, 0.2) is 0 Å². The number of rotatable bonds is 8. The molecule has 0 aromatic rings. The van der Waals surface area contributed by atoms with Gasteiger partial charge in [-0.15, -0.1) is 0 Å². The molecule has 0 spiro atoms. The molecule has 0 aromatic carbocycles. The summed E-state index contributed by atoms with van der Waals surface area (Å²) in [6, 6.07) is 0. The quantitative estimate of drug-likeness (QED) is 0.419. The molecule has 0 aromatic heterocycles. The largest absolute Gasteiger partial charge is 0.385 e. The highest BCUT2D eigenvalue weighted by molar-refractivity contribution is 7.85. The topological polar surface area (TPSA) is 63.6 Å². The maximum atomic E-state index is 9.19. The fourth-order valence-corrected chi connectivity index (χ4v) is 1.84. The lowest BCUT2D eigenvalue weighted by Gasteiger charge is -2.35. The van der Waals surface area contributed by atoms with Gasteiger partial charge in [-0.25, -0.2) is 0 Å². The second kappa shape index (κ2) is 10.7. The van der Waals surface area contributed by atoms with Gasteiger partial charge in [0.05, 0.1) is 32.4 Å². The van der Waals surface area contributed by atoms with Crippen LogP contribution in [0.4, 0.5) is 0 Å². The smallest absolute Gasteiger partial charge is 0.261 e. The minimum Gasteiger partial charge on any atom is -0.385 e. The van der Waals surface area contributed by atoms with Crippen LogP contribution in [-0.4, -0.2) is 63.6 Å². The Balaban J connectivity index is 0. The highest BCUT2D eigenvalue weighted by Crippen LogP contribution is 2.08. The number of methoxy groups -OCH3 is 1. The van der Waals surface area contributed by atoms with Crippen molar-refractivity contribution in [2.75, 3.05) is 46.2 Å². The van der Waals surface area contributed by atoms with Crippen LogP contribution in [-0.2, 0) is 14.9 Å². The van der Waals surface area contributed by atoms with E-state index in [-0.39, 0.29) is 0 Å². The van der Waals surface area contributed by atoms with Gasteiger partial charge in [0.1, 0.15) is 0 Å². The highest BCUT2D eigenvalue weighted by Gasteiger charge is 2.19. The molecule has 112 valence electrons. The van der Waals surface area contributed by atoms with Crippen LogP contribution in [0, 0.1) is 0 Å². The number of hydrogen-bond acceptors (Lipinski definition) is 3. The molecule has 5 nitrogen and oxygen atoms in total. The number of quaternary nitrogens is 1. The summed E-state index contributed by atoms with van der Waals surface area (Å²) in [6.07, 6.45) is 3.22. The Hall–Kier alpha value is -0.170. The predicted octanol–water partition coefficient (Wildman–Crippen LogP) is 1.79. The molecule has 0 saturated carbocycles. The number of ether oxygens (including phenoxy) is 1. The van der Waals surface area contributed by atoms with E-state index in [1.54, 1.807) is 7.11 Å². The monoisotopic (exact) mass is 284 g/mol. The molecule has 0 aliphatic carbocycles. The Morgan fingerprint density at radius 1 is 1.06 bits per heavy atom. The van der Waals surface area contributed by atoms with Gasteiger partial charge >= 0.3 is 0 Å². The van der Waals surface area contributed by atoms with Crippen LogP contribution in [0.1, 0.15) is 33.6 Å². The highest BCUT2D eigenvalue weighted by atomic mass is 32.2. The standard InChI is InChI=1S/C11H26NO.CH4O3S/c1-5-12(6-2,7-3)10-8-9-11-13-4;1-5(2,3)4/h5-11H2,1-4H3;1H3,(H,2,3,4)/q+1;. The molecular formula is C12H30NO4S+. The summed E-state index contributed by atoms with van der Waals surface area (Å²) in [5.41, 5.74) is 0. The van der Waals surface area contributed by atoms with E-state index < -0.39 is 10.1 Å². The molecule has 0 amide bonds. The molecule has 1 N–H and O–H groups in total. The van der Waals surface area contributed by atoms with E-state index in [1.807, 2.05) is 0 Å². The second-order valence-electron chi connectivity index (χ2n) is 4.45. The van der Waals surface area contributed by atoms with E-state index in [0.29, 0.717) is 6.26 Å². The summed E-state index contributed by atoms with van der Waals surface area (Å²) in [6.45, 7) is 12.9. The van der Waals surface area contributed by atoms with Crippen molar-refractivity contribution >= 4 is 10.1 Å². The summed E-state index contributed by atoms with van der Waals surface area (Å²) in [4.78, 5) is 0. The first kappa shape index (κ1) is 20.2. The molecule has 0 unspecified atom stereocenters. The van der Waals surface area contributed by atoms with E-state index in [2.05, 4.69) is 20.8 Å². The van der Waals surface area contributed by atoms with Crippen LogP contribution in [0.5, 0.6) is 0 Å². The van der Waals surface area contributed by atoms with Crippen molar-refractivity contribution in [3.8, 4) is 0 Å². The first-order chi connectivity index (χ1) is 8.24. The van der Waals surface area contributed by atoms with Crippen LogP contribution < -0.4 is 0 Å². The van der Waals surface area contributed by atoms with Crippen molar-refractivity contribution in [2.45, 2.75) is 33.6 Å². The zero-order valence-corrected chi connectivity index (χ0v) is 13.3. The van der Waals surface area contributed by atoms with Crippen LogP contribution in [0.25, 0.3) is 0 Å². The molecule has 0 heterocycles. The molecule has 18 heavy (non-hydrogen) atoms. The normalized spacial score (nSPS) is 11.9. The van der Waals surface area contributed by atoms with Crippen molar-refractivity contribution in [3.63, 3.8) is 0 Å². The SMILES string of the molecule is CC[N+](CC)(CC)CCCCOC.CS(=O)(=O)O. The van der Waals surface area contributed by atoms with Crippen molar-refractivity contribution in [1.29, 1.82) is 0 Å². The first-order valence-electron chi connectivity index (χ1n) is 6.51. The number of hydrogen-bond donors (Lipinski definition) is 1. The van der Waals surface area contributed by atoms with Gasteiger partial charge in [0.2, 0.25) is 0 Å². The molecule has 0 rings (SSSR count). The van der Waals surface area contributed by atoms with Gasteiger partial charge in [-0.05, 0) is 33.6 Å². The molecule has 0 atom stereocenters. The summed E-state index contributed by atoms with van der Waals surface area (Å²) in [5, 5.41) is 0. The first-order valence-corrected chi connectivity index (χ1v) is 8.36. The Labute approximate surface area is 112 Å². The summed E-state index contributed by atoms with van der Waals surface area (Å²) in [7, 11) is -1.89. The van der Waals surface area contributed by atoms with Crippen molar-refractivity contribution in [3.05, 3.63) is 0 Å². The van der Waals surface area contributed by atoms with E-state index in [4.69, 9.17) is 9.29 Å². The third kappa shape index (κ3) is 13.9. The lowest BCUT2D eigenvalue weighted by atomic mass is 10.2. The summed E-state index contributed by atoms with van der Waals surface area (Å²) >= 11 is 0. The molecule has 0 bridgehead atoms. The summed E-state index contributed by atoms with van der Waals surface area (Å²) in [5.74, 6) is 0. The van der Waals surface area contributed by atoms with Crippen LogP contribution >= 0.6 is 0 Å². The van der Waals surface area contributed by atoms with Crippen molar-refractivity contribution < 1.29 is 22.2 Å². The van der Waals surface area contributed by atoms with Gasteiger partial charge in [0.15, 0.2) is 0 Å². The molecule has 0 radical (unpaired) electrons. The Bertz CT molecular complexity index is 258. The zero-order chi connectivity index (χ0) is 14.7. The minimum atomic E-state index is -3.67. The predicted molar refractivity (Wildman–Crippen MR) is 75.3 cm³/mol. The van der Waals surface area contributed by atoms with E-state index in [0.717, 1.165) is 6.61 Å². The second-order valence-corrected chi connectivity index (χ2v) is 5.91. The summed E-state index contributed by atoms with van der Waals surface area (Å²) < 4.78 is 32.2.